The molecule has 1 aromatic heterocycles. The third-order valence-corrected chi connectivity index (χ3v) is 2.85. The van der Waals surface area contributed by atoms with Crippen LogP contribution in [0.2, 0.25) is 0 Å². The number of aryl methyl sites for hydroxylation is 4. The molecule has 0 saturated heterocycles. The van der Waals surface area contributed by atoms with Gasteiger partial charge in [0.05, 0.1) is 12.1 Å². The third kappa shape index (κ3) is 2.96. The average Bonchev–Trinajstić information content (AvgIpc) is 2.73. The Morgan fingerprint density at radius 1 is 1.26 bits per heavy atom. The van der Waals surface area contributed by atoms with Crippen molar-refractivity contribution in [2.24, 2.45) is 0 Å². The molecule has 6 heteroatoms. The SMILES string of the molecule is Cc1cc(C)c(-n2nnc(CCC(=O)O)n2)c(C)c1. The molecule has 19 heavy (non-hydrogen) atoms. The van der Waals surface area contributed by atoms with Gasteiger partial charge in [-0.1, -0.05) is 17.7 Å². The normalized spacial score (nSPS) is 10.7. The van der Waals surface area contributed by atoms with E-state index in [-0.39, 0.29) is 6.42 Å². The first-order valence-corrected chi connectivity index (χ1v) is 6.06. The van der Waals surface area contributed by atoms with Crippen molar-refractivity contribution in [3.05, 3.63) is 34.6 Å². The number of carboxylic acids is 1. The van der Waals surface area contributed by atoms with Gasteiger partial charge in [0.2, 0.25) is 0 Å². The monoisotopic (exact) mass is 260 g/mol. The lowest BCUT2D eigenvalue weighted by Crippen LogP contribution is -2.05. The highest BCUT2D eigenvalue weighted by molar-refractivity contribution is 5.66. The second kappa shape index (κ2) is 5.17. The van der Waals surface area contributed by atoms with Crippen LogP contribution in [0.3, 0.4) is 0 Å². The first kappa shape index (κ1) is 13.2. The Morgan fingerprint density at radius 2 is 1.89 bits per heavy atom. The smallest absolute Gasteiger partial charge is 0.303 e. The Hall–Kier alpha value is -2.24. The quantitative estimate of drug-likeness (QED) is 0.903. The number of aliphatic carboxylic acids is 1. The van der Waals surface area contributed by atoms with E-state index in [9.17, 15) is 4.79 Å². The van der Waals surface area contributed by atoms with Crippen LogP contribution in [-0.4, -0.2) is 31.3 Å². The summed E-state index contributed by atoms with van der Waals surface area (Å²) >= 11 is 0. The molecule has 0 aliphatic heterocycles. The fourth-order valence-electron chi connectivity index (χ4n) is 2.14. The van der Waals surface area contributed by atoms with E-state index in [2.05, 4.69) is 27.5 Å². The van der Waals surface area contributed by atoms with Gasteiger partial charge in [-0.3, -0.25) is 4.79 Å². The zero-order valence-corrected chi connectivity index (χ0v) is 11.2. The van der Waals surface area contributed by atoms with Crippen LogP contribution in [0.4, 0.5) is 0 Å². The van der Waals surface area contributed by atoms with Crippen LogP contribution < -0.4 is 0 Å². The molecule has 0 amide bonds. The van der Waals surface area contributed by atoms with Crippen molar-refractivity contribution >= 4 is 5.97 Å². The van der Waals surface area contributed by atoms with E-state index >= 15 is 0 Å². The summed E-state index contributed by atoms with van der Waals surface area (Å²) in [6, 6.07) is 4.12. The lowest BCUT2D eigenvalue weighted by atomic mass is 10.1. The Bertz CT molecular complexity index is 596. The Labute approximate surface area is 111 Å². The molecule has 2 rings (SSSR count). The number of hydrogen-bond donors (Lipinski definition) is 1. The number of benzene rings is 1. The average molecular weight is 260 g/mol. The molecule has 2 aromatic rings. The highest BCUT2D eigenvalue weighted by Crippen LogP contribution is 2.19. The topological polar surface area (TPSA) is 80.9 Å². The molecule has 0 aliphatic carbocycles. The van der Waals surface area contributed by atoms with Crippen molar-refractivity contribution in [3.63, 3.8) is 0 Å². The Balaban J connectivity index is 2.30. The fourth-order valence-corrected chi connectivity index (χ4v) is 2.14. The predicted molar refractivity (Wildman–Crippen MR) is 69.3 cm³/mol. The van der Waals surface area contributed by atoms with Crippen LogP contribution in [0.15, 0.2) is 12.1 Å². The van der Waals surface area contributed by atoms with E-state index in [1.54, 1.807) is 0 Å². The summed E-state index contributed by atoms with van der Waals surface area (Å²) in [6.07, 6.45) is 0.302. The minimum atomic E-state index is -0.862. The van der Waals surface area contributed by atoms with E-state index in [4.69, 9.17) is 5.11 Å². The highest BCUT2D eigenvalue weighted by Gasteiger charge is 2.11. The van der Waals surface area contributed by atoms with Crippen LogP contribution in [0.5, 0.6) is 0 Å². The summed E-state index contributed by atoms with van der Waals surface area (Å²) in [5.74, 6) is -0.416. The van der Waals surface area contributed by atoms with Gasteiger partial charge >= 0.3 is 5.97 Å². The summed E-state index contributed by atoms with van der Waals surface area (Å²) in [7, 11) is 0. The lowest BCUT2D eigenvalue weighted by molar-refractivity contribution is -0.137. The van der Waals surface area contributed by atoms with E-state index in [1.165, 1.54) is 10.4 Å². The van der Waals surface area contributed by atoms with Crippen molar-refractivity contribution in [2.75, 3.05) is 0 Å². The second-order valence-corrected chi connectivity index (χ2v) is 4.64. The van der Waals surface area contributed by atoms with Crippen molar-refractivity contribution in [1.29, 1.82) is 0 Å². The minimum absolute atomic E-state index is 0.0115. The molecule has 1 aromatic carbocycles. The zero-order chi connectivity index (χ0) is 14.0. The number of carboxylic acid groups (broad SMARTS) is 1. The Kier molecular flexibility index (Phi) is 3.59. The number of tetrazole rings is 1. The molecule has 0 fully saturated rings. The third-order valence-electron chi connectivity index (χ3n) is 2.85. The number of hydrogen-bond acceptors (Lipinski definition) is 4. The number of rotatable bonds is 4. The highest BCUT2D eigenvalue weighted by atomic mass is 16.4. The first-order valence-electron chi connectivity index (χ1n) is 6.06. The van der Waals surface area contributed by atoms with Crippen LogP contribution in [0.1, 0.15) is 28.9 Å². The van der Waals surface area contributed by atoms with Crippen LogP contribution in [-0.2, 0) is 11.2 Å². The largest absolute Gasteiger partial charge is 0.481 e. The summed E-state index contributed by atoms with van der Waals surface area (Å²) < 4.78 is 0. The second-order valence-electron chi connectivity index (χ2n) is 4.64. The maximum Gasteiger partial charge on any atom is 0.303 e. The molecule has 0 saturated carbocycles. The molecule has 0 atom stereocenters. The summed E-state index contributed by atoms with van der Waals surface area (Å²) in [5, 5.41) is 20.8. The van der Waals surface area contributed by atoms with Crippen LogP contribution in [0, 0.1) is 20.8 Å². The molecule has 6 nitrogen and oxygen atoms in total. The van der Waals surface area contributed by atoms with Gasteiger partial charge < -0.3 is 5.11 Å². The van der Waals surface area contributed by atoms with Crippen LogP contribution in [0.25, 0.3) is 5.69 Å². The van der Waals surface area contributed by atoms with Gasteiger partial charge in [0.15, 0.2) is 5.82 Å². The van der Waals surface area contributed by atoms with Crippen molar-refractivity contribution in [2.45, 2.75) is 33.6 Å². The van der Waals surface area contributed by atoms with E-state index in [0.717, 1.165) is 16.8 Å². The molecular weight excluding hydrogens is 244 g/mol. The molecule has 0 spiro atoms. The van der Waals surface area contributed by atoms with Crippen molar-refractivity contribution < 1.29 is 9.90 Å². The maximum atomic E-state index is 10.5. The van der Waals surface area contributed by atoms with E-state index in [0.29, 0.717) is 12.2 Å². The predicted octanol–water partition coefficient (Wildman–Crippen LogP) is 1.60. The summed E-state index contributed by atoms with van der Waals surface area (Å²) in [6.45, 7) is 6.03. The van der Waals surface area contributed by atoms with Gasteiger partial charge in [-0.15, -0.1) is 15.0 Å². The molecule has 0 radical (unpaired) electrons. The molecule has 1 heterocycles. The van der Waals surface area contributed by atoms with Crippen molar-refractivity contribution in [1.82, 2.24) is 20.2 Å². The zero-order valence-electron chi connectivity index (χ0n) is 11.2. The molecule has 100 valence electrons. The van der Waals surface area contributed by atoms with Gasteiger partial charge in [-0.25, -0.2) is 0 Å². The summed E-state index contributed by atoms with van der Waals surface area (Å²) in [4.78, 5) is 12.0. The van der Waals surface area contributed by atoms with Crippen LogP contribution >= 0.6 is 0 Å². The number of aromatic nitrogens is 4. The number of nitrogens with zero attached hydrogens (tertiary/aromatic N) is 4. The van der Waals surface area contributed by atoms with Gasteiger partial charge in [0.25, 0.3) is 0 Å². The molecule has 1 N–H and O–H groups in total. The molecule has 0 aliphatic rings. The van der Waals surface area contributed by atoms with E-state index in [1.807, 2.05) is 20.8 Å². The fraction of sp³-hybridized carbons (Fsp3) is 0.385. The van der Waals surface area contributed by atoms with E-state index < -0.39 is 5.97 Å². The van der Waals surface area contributed by atoms with Crippen molar-refractivity contribution in [3.8, 4) is 5.69 Å². The Morgan fingerprint density at radius 3 is 2.47 bits per heavy atom. The standard InChI is InChI=1S/C13H16N4O2/c1-8-6-9(2)13(10(3)7-8)17-15-11(14-16-17)4-5-12(18)19/h6-7H,4-5H2,1-3H3,(H,18,19). The summed E-state index contributed by atoms with van der Waals surface area (Å²) in [5.41, 5.74) is 4.23. The van der Waals surface area contributed by atoms with Gasteiger partial charge in [-0.2, -0.15) is 0 Å². The molecule has 0 unspecified atom stereocenters. The number of carbonyl (C=O) groups is 1. The molecule has 0 bridgehead atoms. The first-order chi connectivity index (χ1) is 8.97. The van der Waals surface area contributed by atoms with Gasteiger partial charge in [0.1, 0.15) is 0 Å². The lowest BCUT2D eigenvalue weighted by Gasteiger charge is -2.08. The minimum Gasteiger partial charge on any atom is -0.481 e. The molecular formula is C13H16N4O2. The van der Waals surface area contributed by atoms with Gasteiger partial charge in [0, 0.05) is 6.42 Å². The maximum absolute atomic E-state index is 10.5. The van der Waals surface area contributed by atoms with Gasteiger partial charge in [-0.05, 0) is 37.1 Å².